The topological polar surface area (TPSA) is 81.0 Å². The molecule has 1 heterocycles. The Balaban J connectivity index is 2.03. The molecule has 2 aromatic rings. The van der Waals surface area contributed by atoms with E-state index < -0.39 is 0 Å². The van der Waals surface area contributed by atoms with Gasteiger partial charge in [0.15, 0.2) is 0 Å². The van der Waals surface area contributed by atoms with Gasteiger partial charge in [-0.25, -0.2) is 0 Å². The summed E-state index contributed by atoms with van der Waals surface area (Å²) in [7, 11) is 0. The first-order valence-electron chi connectivity index (χ1n) is 5.78. The fourth-order valence-corrected chi connectivity index (χ4v) is 1.66. The van der Waals surface area contributed by atoms with E-state index in [4.69, 9.17) is 15.7 Å². The van der Waals surface area contributed by atoms with Crippen LogP contribution in [-0.4, -0.2) is 11.2 Å². The number of nitrogens with two attached hydrogens (primary N) is 1. The molecule has 0 unspecified atom stereocenters. The van der Waals surface area contributed by atoms with Crippen LogP contribution in [0.5, 0.6) is 5.75 Å². The van der Waals surface area contributed by atoms with Crippen molar-refractivity contribution in [2.45, 2.75) is 6.54 Å². The molecule has 5 nitrogen and oxygen atoms in total. The minimum absolute atomic E-state index is 0.133. The number of para-hydroxylation sites is 1. The number of pyridine rings is 1. The highest BCUT2D eigenvalue weighted by atomic mass is 16.5. The number of nitrogens with zero attached hydrogens (tertiary/aromatic N) is 2. The largest absolute Gasteiger partial charge is 0.490 e. The smallest absolute Gasteiger partial charge is 0.250 e. The predicted octanol–water partition coefficient (Wildman–Crippen LogP) is 1.38. The van der Waals surface area contributed by atoms with Crippen LogP contribution in [-0.2, 0) is 6.54 Å². The number of benzene rings is 1. The quantitative estimate of drug-likeness (QED) is 0.894. The van der Waals surface area contributed by atoms with Crippen LogP contribution in [0.25, 0.3) is 0 Å². The Morgan fingerprint density at radius 1 is 1.26 bits per heavy atom. The molecule has 2 rings (SSSR count). The van der Waals surface area contributed by atoms with Crippen molar-refractivity contribution in [1.29, 1.82) is 5.26 Å². The van der Waals surface area contributed by atoms with Gasteiger partial charge >= 0.3 is 0 Å². The van der Waals surface area contributed by atoms with Crippen molar-refractivity contribution < 1.29 is 4.74 Å². The molecule has 5 heteroatoms. The Morgan fingerprint density at radius 2 is 2.05 bits per heavy atom. The number of aromatic nitrogens is 1. The fraction of sp³-hybridized carbons (Fsp3) is 0.143. The maximum atomic E-state index is 11.5. The van der Waals surface area contributed by atoms with Gasteiger partial charge in [0.2, 0.25) is 0 Å². The van der Waals surface area contributed by atoms with Gasteiger partial charge in [0.25, 0.3) is 5.56 Å². The lowest BCUT2D eigenvalue weighted by Gasteiger charge is -2.09. The summed E-state index contributed by atoms with van der Waals surface area (Å²) in [5.41, 5.74) is 6.48. The van der Waals surface area contributed by atoms with E-state index in [0.29, 0.717) is 30.2 Å². The monoisotopic (exact) mass is 255 g/mol. The Kier molecular flexibility index (Phi) is 3.84. The third-order valence-corrected chi connectivity index (χ3v) is 2.60. The molecular formula is C14H13N3O2. The van der Waals surface area contributed by atoms with Crippen LogP contribution >= 0.6 is 0 Å². The maximum Gasteiger partial charge on any atom is 0.250 e. The van der Waals surface area contributed by atoms with Crippen LogP contribution in [0.15, 0.2) is 47.4 Å². The molecule has 1 aromatic carbocycles. The van der Waals surface area contributed by atoms with E-state index in [0.717, 1.165) is 0 Å². The van der Waals surface area contributed by atoms with Gasteiger partial charge < -0.3 is 15.0 Å². The average Bonchev–Trinajstić information content (AvgIpc) is 2.43. The summed E-state index contributed by atoms with van der Waals surface area (Å²) in [5, 5.41) is 8.91. The average molecular weight is 255 g/mol. The maximum absolute atomic E-state index is 11.5. The number of hydrogen-bond acceptors (Lipinski definition) is 4. The molecular weight excluding hydrogens is 242 g/mol. The zero-order chi connectivity index (χ0) is 13.7. The molecule has 0 aliphatic carbocycles. The van der Waals surface area contributed by atoms with Crippen LogP contribution in [0.1, 0.15) is 5.56 Å². The van der Waals surface area contributed by atoms with Gasteiger partial charge in [-0.3, -0.25) is 4.79 Å². The molecule has 2 N–H and O–H groups in total. The first-order valence-corrected chi connectivity index (χ1v) is 5.78. The van der Waals surface area contributed by atoms with Crippen LogP contribution in [0.2, 0.25) is 0 Å². The van der Waals surface area contributed by atoms with Gasteiger partial charge in [-0.05, 0) is 18.2 Å². The normalized spacial score (nSPS) is 9.84. The summed E-state index contributed by atoms with van der Waals surface area (Å²) < 4.78 is 6.98. The molecule has 96 valence electrons. The standard InChI is InChI=1S/C14H13N3O2/c15-9-11-3-1-2-4-13(11)19-8-7-17-10-12(16)5-6-14(17)18/h1-6,10H,7-8,16H2. The van der Waals surface area contributed by atoms with E-state index in [-0.39, 0.29) is 5.56 Å². The number of rotatable bonds is 4. The van der Waals surface area contributed by atoms with E-state index in [9.17, 15) is 4.79 Å². The van der Waals surface area contributed by atoms with Gasteiger partial charge in [0, 0.05) is 18.0 Å². The van der Waals surface area contributed by atoms with E-state index in [1.807, 2.05) is 0 Å². The molecule has 0 saturated carbocycles. The van der Waals surface area contributed by atoms with Crippen LogP contribution < -0.4 is 16.0 Å². The van der Waals surface area contributed by atoms with Crippen LogP contribution in [0.3, 0.4) is 0 Å². The molecule has 0 atom stereocenters. The third kappa shape index (κ3) is 3.13. The summed E-state index contributed by atoms with van der Waals surface area (Å²) in [6, 6.07) is 12.0. The fourth-order valence-electron chi connectivity index (χ4n) is 1.66. The second-order valence-corrected chi connectivity index (χ2v) is 3.95. The van der Waals surface area contributed by atoms with Crippen molar-refractivity contribution in [2.24, 2.45) is 0 Å². The number of hydrogen-bond donors (Lipinski definition) is 1. The van der Waals surface area contributed by atoms with Gasteiger partial charge in [0.05, 0.1) is 12.1 Å². The molecule has 0 radical (unpaired) electrons. The molecule has 19 heavy (non-hydrogen) atoms. The van der Waals surface area contributed by atoms with Crippen molar-refractivity contribution in [3.05, 3.63) is 58.5 Å². The lowest BCUT2D eigenvalue weighted by atomic mass is 10.2. The van der Waals surface area contributed by atoms with Crippen LogP contribution in [0.4, 0.5) is 5.69 Å². The highest BCUT2D eigenvalue weighted by Gasteiger charge is 2.02. The summed E-state index contributed by atoms with van der Waals surface area (Å²) in [4.78, 5) is 11.5. The van der Waals surface area contributed by atoms with Crippen LogP contribution in [0, 0.1) is 11.3 Å². The molecule has 0 bridgehead atoms. The Hall–Kier alpha value is -2.74. The molecule has 0 aliphatic rings. The lowest BCUT2D eigenvalue weighted by Crippen LogP contribution is -2.22. The summed E-state index contributed by atoms with van der Waals surface area (Å²) in [6.45, 7) is 0.672. The molecule has 0 amide bonds. The molecule has 0 fully saturated rings. The van der Waals surface area contributed by atoms with Gasteiger partial charge in [0.1, 0.15) is 18.4 Å². The van der Waals surface area contributed by atoms with Crippen molar-refractivity contribution in [3.8, 4) is 11.8 Å². The van der Waals surface area contributed by atoms with Gasteiger partial charge in [-0.1, -0.05) is 12.1 Å². The van der Waals surface area contributed by atoms with Crippen molar-refractivity contribution >= 4 is 5.69 Å². The first kappa shape index (κ1) is 12.7. The molecule has 0 aliphatic heterocycles. The van der Waals surface area contributed by atoms with Crippen molar-refractivity contribution in [2.75, 3.05) is 12.3 Å². The van der Waals surface area contributed by atoms with Gasteiger partial charge in [-0.2, -0.15) is 5.26 Å². The number of nitrogen functional groups attached to an aromatic ring is 1. The van der Waals surface area contributed by atoms with E-state index in [1.165, 1.54) is 10.6 Å². The highest BCUT2D eigenvalue weighted by Crippen LogP contribution is 2.16. The summed E-state index contributed by atoms with van der Waals surface area (Å²) in [5.74, 6) is 0.516. The SMILES string of the molecule is N#Cc1ccccc1OCCn1cc(N)ccc1=O. The highest BCUT2D eigenvalue weighted by molar-refractivity contribution is 5.42. The summed E-state index contributed by atoms with van der Waals surface area (Å²) in [6.07, 6.45) is 1.57. The van der Waals surface area contributed by atoms with E-state index >= 15 is 0 Å². The Morgan fingerprint density at radius 3 is 2.84 bits per heavy atom. The zero-order valence-corrected chi connectivity index (χ0v) is 10.2. The first-order chi connectivity index (χ1) is 9.20. The Bertz CT molecular complexity index is 671. The minimum Gasteiger partial charge on any atom is -0.490 e. The number of nitriles is 1. The zero-order valence-electron chi connectivity index (χ0n) is 10.2. The number of ether oxygens (including phenoxy) is 1. The second-order valence-electron chi connectivity index (χ2n) is 3.95. The van der Waals surface area contributed by atoms with Crippen molar-refractivity contribution in [1.82, 2.24) is 4.57 Å². The molecule has 1 aromatic heterocycles. The van der Waals surface area contributed by atoms with Gasteiger partial charge in [-0.15, -0.1) is 0 Å². The summed E-state index contributed by atoms with van der Waals surface area (Å²) >= 11 is 0. The van der Waals surface area contributed by atoms with E-state index in [1.54, 1.807) is 36.5 Å². The van der Waals surface area contributed by atoms with Crippen molar-refractivity contribution in [3.63, 3.8) is 0 Å². The predicted molar refractivity (Wildman–Crippen MR) is 71.8 cm³/mol. The minimum atomic E-state index is -0.133. The second kappa shape index (κ2) is 5.74. The molecule has 0 spiro atoms. The third-order valence-electron chi connectivity index (χ3n) is 2.60. The Labute approximate surface area is 110 Å². The molecule has 0 saturated heterocycles. The number of anilines is 1. The van der Waals surface area contributed by atoms with E-state index in [2.05, 4.69) is 6.07 Å². The lowest BCUT2D eigenvalue weighted by molar-refractivity contribution is 0.295.